The molecular weight excluding hydrogens is 252 g/mol. The van der Waals surface area contributed by atoms with Crippen LogP contribution in [0.5, 0.6) is 0 Å². The highest BCUT2D eigenvalue weighted by atomic mass is 32.1. The Labute approximate surface area is 122 Å². The van der Waals surface area contributed by atoms with Crippen LogP contribution >= 0.6 is 11.3 Å². The summed E-state index contributed by atoms with van der Waals surface area (Å²) < 4.78 is 0. The van der Waals surface area contributed by atoms with Gasteiger partial charge in [-0.2, -0.15) is 0 Å². The Morgan fingerprint density at radius 2 is 2.11 bits per heavy atom. The zero-order chi connectivity index (χ0) is 13.9. The molecule has 1 N–H and O–H groups in total. The van der Waals surface area contributed by atoms with Gasteiger partial charge < -0.3 is 5.11 Å². The maximum absolute atomic E-state index is 10.9. The van der Waals surface area contributed by atoms with Gasteiger partial charge in [-0.3, -0.25) is 0 Å². The van der Waals surface area contributed by atoms with Crippen molar-refractivity contribution in [1.29, 1.82) is 0 Å². The standard InChI is InChI=1S/C17H28OS/c1-4-15-7-8-16(19-15)12-17(18)9-5-6-14(11-17)10-13(2)3/h7-8,13-14,18H,4-6,9-12H2,1-3H3. The van der Waals surface area contributed by atoms with Crippen LogP contribution in [0.15, 0.2) is 12.1 Å². The third-order valence-corrected chi connectivity index (χ3v) is 5.53. The maximum atomic E-state index is 10.9. The first-order valence-corrected chi connectivity index (χ1v) is 8.62. The van der Waals surface area contributed by atoms with Gasteiger partial charge >= 0.3 is 0 Å². The van der Waals surface area contributed by atoms with Gasteiger partial charge in [0, 0.05) is 16.2 Å². The lowest BCUT2D eigenvalue weighted by Gasteiger charge is -2.37. The molecule has 1 aromatic rings. The molecule has 0 aliphatic heterocycles. The Morgan fingerprint density at radius 3 is 2.74 bits per heavy atom. The van der Waals surface area contributed by atoms with Gasteiger partial charge in [-0.15, -0.1) is 11.3 Å². The van der Waals surface area contributed by atoms with E-state index in [-0.39, 0.29) is 0 Å². The molecule has 2 heteroatoms. The summed E-state index contributed by atoms with van der Waals surface area (Å²) in [6.07, 6.45) is 7.74. The van der Waals surface area contributed by atoms with Crippen molar-refractivity contribution in [2.24, 2.45) is 11.8 Å². The summed E-state index contributed by atoms with van der Waals surface area (Å²) in [5, 5.41) is 10.9. The maximum Gasteiger partial charge on any atom is 0.0698 e. The molecule has 108 valence electrons. The molecule has 1 nitrogen and oxygen atoms in total. The average Bonchev–Trinajstić information content (AvgIpc) is 2.75. The van der Waals surface area contributed by atoms with Gasteiger partial charge in [0.15, 0.2) is 0 Å². The van der Waals surface area contributed by atoms with Crippen molar-refractivity contribution in [3.05, 3.63) is 21.9 Å². The minimum atomic E-state index is -0.437. The number of hydrogen-bond donors (Lipinski definition) is 1. The van der Waals surface area contributed by atoms with Gasteiger partial charge in [0.2, 0.25) is 0 Å². The number of hydrogen-bond acceptors (Lipinski definition) is 2. The van der Waals surface area contributed by atoms with Crippen LogP contribution in [0.3, 0.4) is 0 Å². The van der Waals surface area contributed by atoms with E-state index in [0.29, 0.717) is 0 Å². The van der Waals surface area contributed by atoms with Gasteiger partial charge in [-0.05, 0) is 49.7 Å². The molecule has 0 amide bonds. The van der Waals surface area contributed by atoms with Crippen molar-refractivity contribution >= 4 is 11.3 Å². The van der Waals surface area contributed by atoms with Crippen molar-refractivity contribution in [2.45, 2.75) is 71.3 Å². The largest absolute Gasteiger partial charge is 0.390 e. The molecule has 19 heavy (non-hydrogen) atoms. The van der Waals surface area contributed by atoms with Crippen molar-refractivity contribution in [3.8, 4) is 0 Å². The van der Waals surface area contributed by atoms with Gasteiger partial charge in [0.25, 0.3) is 0 Å². The van der Waals surface area contributed by atoms with E-state index in [1.54, 1.807) is 0 Å². The predicted molar refractivity (Wildman–Crippen MR) is 83.8 cm³/mol. The van der Waals surface area contributed by atoms with E-state index in [1.807, 2.05) is 11.3 Å². The van der Waals surface area contributed by atoms with E-state index >= 15 is 0 Å². The third-order valence-electron chi connectivity index (χ3n) is 4.30. The van der Waals surface area contributed by atoms with Crippen LogP contribution in [0.4, 0.5) is 0 Å². The smallest absolute Gasteiger partial charge is 0.0698 e. The molecule has 0 aromatic carbocycles. The second-order valence-electron chi connectivity index (χ2n) is 6.71. The molecule has 2 atom stereocenters. The topological polar surface area (TPSA) is 20.2 Å². The van der Waals surface area contributed by atoms with Crippen molar-refractivity contribution < 1.29 is 5.11 Å². The van der Waals surface area contributed by atoms with E-state index < -0.39 is 5.60 Å². The molecule has 0 radical (unpaired) electrons. The minimum absolute atomic E-state index is 0.437. The lowest BCUT2D eigenvalue weighted by Crippen LogP contribution is -2.37. The second kappa shape index (κ2) is 6.41. The van der Waals surface area contributed by atoms with Crippen LogP contribution in [-0.2, 0) is 12.8 Å². The lowest BCUT2D eigenvalue weighted by atomic mass is 9.73. The molecule has 0 bridgehead atoms. The Morgan fingerprint density at radius 1 is 1.37 bits per heavy atom. The van der Waals surface area contributed by atoms with E-state index in [2.05, 4.69) is 32.9 Å². The summed E-state index contributed by atoms with van der Waals surface area (Å²) in [7, 11) is 0. The number of thiophene rings is 1. The number of rotatable bonds is 5. The zero-order valence-electron chi connectivity index (χ0n) is 12.6. The second-order valence-corrected chi connectivity index (χ2v) is 7.97. The first kappa shape index (κ1) is 15.1. The van der Waals surface area contributed by atoms with Crippen LogP contribution in [0.2, 0.25) is 0 Å². The minimum Gasteiger partial charge on any atom is -0.390 e. The summed E-state index contributed by atoms with van der Waals surface area (Å²) in [4.78, 5) is 2.80. The highest BCUT2D eigenvalue weighted by Crippen LogP contribution is 2.38. The fourth-order valence-corrected chi connectivity index (χ4v) is 4.62. The molecule has 0 spiro atoms. The molecule has 2 unspecified atom stereocenters. The monoisotopic (exact) mass is 280 g/mol. The Balaban J connectivity index is 1.97. The molecule has 1 saturated carbocycles. The molecule has 1 heterocycles. The molecule has 2 rings (SSSR count). The highest BCUT2D eigenvalue weighted by molar-refractivity contribution is 7.12. The van der Waals surface area contributed by atoms with Crippen molar-refractivity contribution in [2.75, 3.05) is 0 Å². The Hall–Kier alpha value is -0.340. The summed E-state index contributed by atoms with van der Waals surface area (Å²) in [6.45, 7) is 6.78. The van der Waals surface area contributed by atoms with E-state index in [9.17, 15) is 5.11 Å². The first-order valence-electron chi connectivity index (χ1n) is 7.81. The SMILES string of the molecule is CCc1ccc(CC2(O)CCCC(CC(C)C)C2)s1. The van der Waals surface area contributed by atoms with E-state index in [0.717, 1.165) is 37.5 Å². The zero-order valence-corrected chi connectivity index (χ0v) is 13.4. The van der Waals surface area contributed by atoms with Crippen LogP contribution < -0.4 is 0 Å². The quantitative estimate of drug-likeness (QED) is 0.820. The molecule has 1 aromatic heterocycles. The fraction of sp³-hybridized carbons (Fsp3) is 0.765. The number of aliphatic hydroxyl groups is 1. The summed E-state index contributed by atoms with van der Waals surface area (Å²) >= 11 is 1.88. The van der Waals surface area contributed by atoms with Gasteiger partial charge in [0.05, 0.1) is 5.60 Å². The highest BCUT2D eigenvalue weighted by Gasteiger charge is 2.34. The normalized spacial score (nSPS) is 27.9. The number of aryl methyl sites for hydroxylation is 1. The van der Waals surface area contributed by atoms with Crippen LogP contribution in [0.1, 0.15) is 62.6 Å². The molecule has 1 aliphatic rings. The van der Waals surface area contributed by atoms with E-state index in [1.165, 1.54) is 29.0 Å². The summed E-state index contributed by atoms with van der Waals surface area (Å²) in [6, 6.07) is 4.44. The van der Waals surface area contributed by atoms with Crippen LogP contribution in [-0.4, -0.2) is 10.7 Å². The molecule has 0 saturated heterocycles. The fourth-order valence-electron chi connectivity index (χ4n) is 3.52. The molecular formula is C17H28OS. The predicted octanol–water partition coefficient (Wildman–Crippen LogP) is 4.82. The van der Waals surface area contributed by atoms with Crippen molar-refractivity contribution in [3.63, 3.8) is 0 Å². The van der Waals surface area contributed by atoms with Gasteiger partial charge in [-0.1, -0.05) is 33.6 Å². The van der Waals surface area contributed by atoms with Gasteiger partial charge in [0.1, 0.15) is 0 Å². The third kappa shape index (κ3) is 4.32. The van der Waals surface area contributed by atoms with Gasteiger partial charge in [-0.25, -0.2) is 0 Å². The lowest BCUT2D eigenvalue weighted by molar-refractivity contribution is -0.0183. The average molecular weight is 280 g/mol. The Bertz CT molecular complexity index is 396. The first-order chi connectivity index (χ1) is 9.00. The Kier molecular flexibility index (Phi) is 5.08. The van der Waals surface area contributed by atoms with Crippen LogP contribution in [0, 0.1) is 11.8 Å². The van der Waals surface area contributed by atoms with E-state index in [4.69, 9.17) is 0 Å². The van der Waals surface area contributed by atoms with Crippen LogP contribution in [0.25, 0.3) is 0 Å². The van der Waals surface area contributed by atoms with Crippen molar-refractivity contribution in [1.82, 2.24) is 0 Å². The summed E-state index contributed by atoms with van der Waals surface area (Å²) in [5.41, 5.74) is -0.437. The molecule has 1 aliphatic carbocycles. The summed E-state index contributed by atoms with van der Waals surface area (Å²) in [5.74, 6) is 1.48. The molecule has 1 fully saturated rings.